The highest BCUT2D eigenvalue weighted by Gasteiger charge is 2.35. The van der Waals surface area contributed by atoms with Crippen LogP contribution >= 0.6 is 0 Å². The summed E-state index contributed by atoms with van der Waals surface area (Å²) in [6.45, 7) is 3.62. The Bertz CT molecular complexity index is 469. The first-order chi connectivity index (χ1) is 9.46. The summed E-state index contributed by atoms with van der Waals surface area (Å²) in [6.07, 6.45) is 1.27. The summed E-state index contributed by atoms with van der Waals surface area (Å²) in [7, 11) is 2.88. The Morgan fingerprint density at radius 3 is 2.25 bits per heavy atom. The van der Waals surface area contributed by atoms with Crippen LogP contribution in [0.1, 0.15) is 37.0 Å². The molecule has 0 radical (unpaired) electrons. The van der Waals surface area contributed by atoms with Crippen LogP contribution in [0.3, 0.4) is 0 Å². The minimum Gasteiger partial charge on any atom is -0.497 e. The Morgan fingerprint density at radius 2 is 1.80 bits per heavy atom. The highest BCUT2D eigenvalue weighted by Crippen LogP contribution is 2.17. The van der Waals surface area contributed by atoms with E-state index >= 15 is 0 Å². The summed E-state index contributed by atoms with van der Waals surface area (Å²) in [6, 6.07) is 6.70. The number of amides is 1. The average molecular weight is 279 g/mol. The topological polar surface area (TPSA) is 64.6 Å². The van der Waals surface area contributed by atoms with Crippen LogP contribution in [0, 0.1) is 0 Å². The first-order valence-corrected chi connectivity index (χ1v) is 6.52. The monoisotopic (exact) mass is 279 g/mol. The van der Waals surface area contributed by atoms with Gasteiger partial charge in [0.2, 0.25) is 0 Å². The van der Waals surface area contributed by atoms with Crippen molar-refractivity contribution >= 4 is 11.9 Å². The fourth-order valence-corrected chi connectivity index (χ4v) is 2.01. The molecule has 1 aromatic rings. The van der Waals surface area contributed by atoms with Gasteiger partial charge in [-0.15, -0.1) is 0 Å². The quantitative estimate of drug-likeness (QED) is 0.810. The van der Waals surface area contributed by atoms with Gasteiger partial charge in [-0.05, 0) is 37.6 Å². The third-order valence-corrected chi connectivity index (χ3v) is 3.13. The zero-order chi connectivity index (χ0) is 15.2. The molecule has 20 heavy (non-hydrogen) atoms. The summed E-state index contributed by atoms with van der Waals surface area (Å²) < 4.78 is 9.81. The largest absolute Gasteiger partial charge is 0.497 e. The van der Waals surface area contributed by atoms with E-state index in [2.05, 4.69) is 5.32 Å². The van der Waals surface area contributed by atoms with Gasteiger partial charge in [0.1, 0.15) is 11.3 Å². The number of carbonyl (C=O) groups is 2. The molecular formula is C15H21NO4. The van der Waals surface area contributed by atoms with Crippen molar-refractivity contribution in [3.8, 4) is 5.75 Å². The number of methoxy groups -OCH3 is 2. The molecule has 110 valence electrons. The van der Waals surface area contributed by atoms with E-state index in [9.17, 15) is 9.59 Å². The molecule has 1 N–H and O–H groups in total. The van der Waals surface area contributed by atoms with Crippen LogP contribution in [0.15, 0.2) is 24.3 Å². The van der Waals surface area contributed by atoms with Crippen LogP contribution in [0.4, 0.5) is 0 Å². The fraction of sp³-hybridized carbons (Fsp3) is 0.467. The lowest BCUT2D eigenvalue weighted by Crippen LogP contribution is -2.52. The van der Waals surface area contributed by atoms with E-state index < -0.39 is 11.5 Å². The Hall–Kier alpha value is -2.04. The highest BCUT2D eigenvalue weighted by molar-refractivity contribution is 5.98. The summed E-state index contributed by atoms with van der Waals surface area (Å²) in [5, 5.41) is 2.74. The molecule has 0 aliphatic heterocycles. The van der Waals surface area contributed by atoms with Gasteiger partial charge in [0, 0.05) is 5.56 Å². The number of ether oxygens (including phenoxy) is 2. The molecule has 0 bridgehead atoms. The molecule has 0 heterocycles. The van der Waals surface area contributed by atoms with Gasteiger partial charge in [0.15, 0.2) is 0 Å². The molecule has 0 aliphatic rings. The van der Waals surface area contributed by atoms with Gasteiger partial charge in [0.25, 0.3) is 5.91 Å². The third-order valence-electron chi connectivity index (χ3n) is 3.13. The van der Waals surface area contributed by atoms with Crippen molar-refractivity contribution in [3.63, 3.8) is 0 Å². The molecule has 0 spiro atoms. The van der Waals surface area contributed by atoms with E-state index in [1.807, 2.05) is 6.92 Å². The molecule has 1 atom stereocenters. The van der Waals surface area contributed by atoms with Crippen LogP contribution in [0.2, 0.25) is 0 Å². The zero-order valence-corrected chi connectivity index (χ0v) is 12.4. The second-order valence-corrected chi connectivity index (χ2v) is 4.76. The van der Waals surface area contributed by atoms with Crippen molar-refractivity contribution in [3.05, 3.63) is 29.8 Å². The van der Waals surface area contributed by atoms with Crippen molar-refractivity contribution in [2.45, 2.75) is 32.2 Å². The van der Waals surface area contributed by atoms with Crippen molar-refractivity contribution in [1.82, 2.24) is 5.32 Å². The lowest BCUT2D eigenvalue weighted by Gasteiger charge is -2.27. The molecule has 5 heteroatoms. The summed E-state index contributed by atoms with van der Waals surface area (Å²) in [5.41, 5.74) is -0.544. The number of nitrogens with one attached hydrogen (secondary N) is 1. The van der Waals surface area contributed by atoms with Gasteiger partial charge in [-0.1, -0.05) is 13.3 Å². The second-order valence-electron chi connectivity index (χ2n) is 4.76. The molecule has 0 aliphatic carbocycles. The molecule has 0 saturated carbocycles. The van der Waals surface area contributed by atoms with E-state index in [1.54, 1.807) is 38.3 Å². The van der Waals surface area contributed by atoms with Crippen LogP contribution in [0.25, 0.3) is 0 Å². The number of hydrogen-bond donors (Lipinski definition) is 1. The maximum absolute atomic E-state index is 12.2. The smallest absolute Gasteiger partial charge is 0.331 e. The molecule has 1 aromatic carbocycles. The highest BCUT2D eigenvalue weighted by atomic mass is 16.5. The van der Waals surface area contributed by atoms with Gasteiger partial charge < -0.3 is 14.8 Å². The standard InChI is InChI=1S/C15H21NO4/c1-5-10-15(2,14(18)20-4)16-13(17)11-6-8-12(19-3)9-7-11/h6-9H,5,10H2,1-4H3,(H,16,17). The first-order valence-electron chi connectivity index (χ1n) is 6.52. The van der Waals surface area contributed by atoms with Crippen LogP contribution in [0.5, 0.6) is 5.75 Å². The number of rotatable bonds is 6. The van der Waals surface area contributed by atoms with Gasteiger partial charge >= 0.3 is 5.97 Å². The van der Waals surface area contributed by atoms with Crippen LogP contribution in [-0.2, 0) is 9.53 Å². The Labute approximate surface area is 119 Å². The molecule has 5 nitrogen and oxygen atoms in total. The normalized spacial score (nSPS) is 13.2. The summed E-state index contributed by atoms with van der Waals surface area (Å²) >= 11 is 0. The lowest BCUT2D eigenvalue weighted by atomic mass is 9.95. The van der Waals surface area contributed by atoms with Gasteiger partial charge in [0.05, 0.1) is 14.2 Å². The van der Waals surface area contributed by atoms with Crippen LogP contribution in [-0.4, -0.2) is 31.6 Å². The lowest BCUT2D eigenvalue weighted by molar-refractivity contribution is -0.147. The molecule has 1 amide bonds. The number of benzene rings is 1. The zero-order valence-electron chi connectivity index (χ0n) is 12.4. The average Bonchev–Trinajstić information content (AvgIpc) is 2.46. The molecule has 0 saturated heterocycles. The van der Waals surface area contributed by atoms with Crippen molar-refractivity contribution in [1.29, 1.82) is 0 Å². The Morgan fingerprint density at radius 1 is 1.20 bits per heavy atom. The summed E-state index contributed by atoms with van der Waals surface area (Å²) in [5.74, 6) is -0.0824. The van der Waals surface area contributed by atoms with E-state index in [0.29, 0.717) is 17.7 Å². The van der Waals surface area contributed by atoms with E-state index in [-0.39, 0.29) is 5.91 Å². The van der Waals surface area contributed by atoms with Gasteiger partial charge in [-0.2, -0.15) is 0 Å². The Kier molecular flexibility index (Phi) is 5.55. The molecular weight excluding hydrogens is 258 g/mol. The Balaban J connectivity index is 2.87. The van der Waals surface area contributed by atoms with E-state index in [4.69, 9.17) is 9.47 Å². The minimum atomic E-state index is -1.01. The van der Waals surface area contributed by atoms with Crippen LogP contribution < -0.4 is 10.1 Å². The first kappa shape index (κ1) is 16.0. The SMILES string of the molecule is CCCC(C)(NC(=O)c1ccc(OC)cc1)C(=O)OC. The van der Waals surface area contributed by atoms with Gasteiger partial charge in [-0.25, -0.2) is 4.79 Å². The minimum absolute atomic E-state index is 0.311. The number of carbonyl (C=O) groups excluding carboxylic acids is 2. The molecule has 0 aromatic heterocycles. The van der Waals surface area contributed by atoms with Crippen molar-refractivity contribution in [2.24, 2.45) is 0 Å². The number of hydrogen-bond acceptors (Lipinski definition) is 4. The third kappa shape index (κ3) is 3.73. The molecule has 1 unspecified atom stereocenters. The molecule has 0 fully saturated rings. The summed E-state index contributed by atoms with van der Waals surface area (Å²) in [4.78, 5) is 24.0. The predicted octanol–water partition coefficient (Wildman–Crippen LogP) is 2.16. The van der Waals surface area contributed by atoms with Gasteiger partial charge in [-0.3, -0.25) is 4.79 Å². The fourth-order valence-electron chi connectivity index (χ4n) is 2.01. The molecule has 1 rings (SSSR count). The predicted molar refractivity (Wildman–Crippen MR) is 75.8 cm³/mol. The van der Waals surface area contributed by atoms with E-state index in [1.165, 1.54) is 7.11 Å². The maximum Gasteiger partial charge on any atom is 0.331 e. The number of esters is 1. The van der Waals surface area contributed by atoms with Crippen molar-refractivity contribution < 1.29 is 19.1 Å². The maximum atomic E-state index is 12.2. The van der Waals surface area contributed by atoms with Crippen molar-refractivity contribution in [2.75, 3.05) is 14.2 Å². The second kappa shape index (κ2) is 6.93. The van der Waals surface area contributed by atoms with E-state index in [0.717, 1.165) is 6.42 Å².